The van der Waals surface area contributed by atoms with Crippen LogP contribution in [0.2, 0.25) is 0 Å². The second kappa shape index (κ2) is 3.82. The molecule has 1 aromatic rings. The van der Waals surface area contributed by atoms with Gasteiger partial charge >= 0.3 is 0 Å². The minimum Gasteiger partial charge on any atom is -0.507 e. The molecule has 0 saturated carbocycles. The molecule has 0 radical (unpaired) electrons. The summed E-state index contributed by atoms with van der Waals surface area (Å²) in [5.41, 5.74) is 2.56. The van der Waals surface area contributed by atoms with Crippen LogP contribution in [-0.4, -0.2) is 5.11 Å². The predicted molar refractivity (Wildman–Crippen MR) is 55.4 cm³/mol. The predicted octanol–water partition coefficient (Wildman–Crippen LogP) is 2.80. The Kier molecular flexibility index (Phi) is 2.76. The Morgan fingerprint density at radius 3 is 2.77 bits per heavy atom. The number of aromatic hydroxyl groups is 1. The van der Waals surface area contributed by atoms with Crippen molar-refractivity contribution in [1.82, 2.24) is 0 Å². The lowest BCUT2D eigenvalue weighted by atomic mass is 10.0. The maximum Gasteiger partial charge on any atom is 0.131 e. The highest BCUT2D eigenvalue weighted by atomic mass is 16.3. The van der Waals surface area contributed by atoms with Gasteiger partial charge in [0.15, 0.2) is 0 Å². The Bertz CT molecular complexity index is 381. The third-order valence-electron chi connectivity index (χ3n) is 2.04. The highest BCUT2D eigenvalue weighted by Crippen LogP contribution is 2.25. The van der Waals surface area contributed by atoms with Crippen LogP contribution >= 0.6 is 0 Å². The first-order valence-corrected chi connectivity index (χ1v) is 4.12. The molecule has 0 heterocycles. The summed E-state index contributed by atoms with van der Waals surface area (Å²) in [5.74, 6) is 2.66. The molecule has 1 heteroatoms. The van der Waals surface area contributed by atoms with E-state index in [1.165, 1.54) is 0 Å². The van der Waals surface area contributed by atoms with Gasteiger partial charge in [-0.25, -0.2) is 0 Å². The molecule has 0 unspecified atom stereocenters. The minimum absolute atomic E-state index is 0.168. The number of allylic oxidation sites excluding steroid dienone is 2. The smallest absolute Gasteiger partial charge is 0.131 e. The standard InChI is InChI=1S/C12H12O/c1-4-9(3)11-7-6-8-12(13)10(11)5-2/h2,4,6-8,13H,1,3H3/b9-4-. The second-order valence-corrected chi connectivity index (χ2v) is 2.82. The van der Waals surface area contributed by atoms with E-state index in [0.717, 1.165) is 11.1 Å². The van der Waals surface area contributed by atoms with Gasteiger partial charge in [0.2, 0.25) is 0 Å². The number of rotatable bonds is 1. The third kappa shape index (κ3) is 1.73. The van der Waals surface area contributed by atoms with E-state index in [0.29, 0.717) is 5.56 Å². The van der Waals surface area contributed by atoms with Crippen molar-refractivity contribution in [3.8, 4) is 18.1 Å². The molecule has 0 aliphatic carbocycles. The lowest BCUT2D eigenvalue weighted by molar-refractivity contribution is 0.473. The van der Waals surface area contributed by atoms with Crippen molar-refractivity contribution in [2.24, 2.45) is 0 Å². The van der Waals surface area contributed by atoms with E-state index in [1.54, 1.807) is 12.1 Å². The molecule has 0 amide bonds. The van der Waals surface area contributed by atoms with E-state index in [1.807, 2.05) is 26.0 Å². The quantitative estimate of drug-likeness (QED) is 0.646. The molecule has 0 aliphatic rings. The van der Waals surface area contributed by atoms with Gasteiger partial charge in [-0.1, -0.05) is 24.1 Å². The SMILES string of the molecule is C#Cc1c(O)cccc1/C(C)=C\C. The number of terminal acetylenes is 1. The summed E-state index contributed by atoms with van der Waals surface area (Å²) in [6.45, 7) is 3.91. The van der Waals surface area contributed by atoms with Crippen LogP contribution in [0.25, 0.3) is 5.57 Å². The molecule has 0 bridgehead atoms. The zero-order valence-electron chi connectivity index (χ0n) is 7.83. The molecule has 0 saturated heterocycles. The first kappa shape index (κ1) is 9.41. The summed E-state index contributed by atoms with van der Waals surface area (Å²) < 4.78 is 0. The molecule has 0 spiro atoms. The van der Waals surface area contributed by atoms with E-state index in [-0.39, 0.29) is 5.75 Å². The van der Waals surface area contributed by atoms with Gasteiger partial charge in [0.1, 0.15) is 5.75 Å². The highest BCUT2D eigenvalue weighted by molar-refractivity contribution is 5.71. The highest BCUT2D eigenvalue weighted by Gasteiger charge is 2.05. The second-order valence-electron chi connectivity index (χ2n) is 2.82. The van der Waals surface area contributed by atoms with Gasteiger partial charge < -0.3 is 5.11 Å². The van der Waals surface area contributed by atoms with Gasteiger partial charge in [0.05, 0.1) is 5.56 Å². The fourth-order valence-corrected chi connectivity index (χ4v) is 1.18. The Labute approximate surface area is 78.7 Å². The molecule has 13 heavy (non-hydrogen) atoms. The molecule has 0 fully saturated rings. The maximum atomic E-state index is 9.47. The Morgan fingerprint density at radius 2 is 2.23 bits per heavy atom. The summed E-state index contributed by atoms with van der Waals surface area (Å²) in [5, 5.41) is 9.47. The summed E-state index contributed by atoms with van der Waals surface area (Å²) in [6.07, 6.45) is 7.27. The molecule has 1 rings (SSSR count). The summed E-state index contributed by atoms with van der Waals surface area (Å²) in [7, 11) is 0. The van der Waals surface area contributed by atoms with Gasteiger partial charge in [-0.15, -0.1) is 6.42 Å². The van der Waals surface area contributed by atoms with Crippen LogP contribution in [0.15, 0.2) is 24.3 Å². The van der Waals surface area contributed by atoms with Gasteiger partial charge in [0.25, 0.3) is 0 Å². The average molecular weight is 172 g/mol. The van der Waals surface area contributed by atoms with Crippen molar-refractivity contribution in [2.75, 3.05) is 0 Å². The van der Waals surface area contributed by atoms with Crippen LogP contribution in [0.5, 0.6) is 5.75 Å². The number of phenols is 1. The van der Waals surface area contributed by atoms with E-state index in [2.05, 4.69) is 5.92 Å². The van der Waals surface area contributed by atoms with Gasteiger partial charge in [-0.2, -0.15) is 0 Å². The van der Waals surface area contributed by atoms with Crippen molar-refractivity contribution >= 4 is 5.57 Å². The number of phenolic OH excluding ortho intramolecular Hbond substituents is 1. The van der Waals surface area contributed by atoms with E-state index in [4.69, 9.17) is 6.42 Å². The van der Waals surface area contributed by atoms with Crippen molar-refractivity contribution in [1.29, 1.82) is 0 Å². The lowest BCUT2D eigenvalue weighted by Gasteiger charge is -2.05. The molecular weight excluding hydrogens is 160 g/mol. The first-order chi connectivity index (χ1) is 6.20. The molecule has 1 N–H and O–H groups in total. The van der Waals surface area contributed by atoms with Gasteiger partial charge in [0, 0.05) is 0 Å². The Hall–Kier alpha value is -1.68. The zero-order chi connectivity index (χ0) is 9.84. The van der Waals surface area contributed by atoms with Crippen molar-refractivity contribution < 1.29 is 5.11 Å². The summed E-state index contributed by atoms with van der Waals surface area (Å²) in [4.78, 5) is 0. The monoisotopic (exact) mass is 172 g/mol. The number of benzene rings is 1. The zero-order valence-corrected chi connectivity index (χ0v) is 7.83. The van der Waals surface area contributed by atoms with Crippen LogP contribution in [0.1, 0.15) is 25.0 Å². The molecule has 1 nitrogen and oxygen atoms in total. The summed E-state index contributed by atoms with van der Waals surface area (Å²) >= 11 is 0. The molecule has 0 aliphatic heterocycles. The van der Waals surface area contributed by atoms with Crippen LogP contribution < -0.4 is 0 Å². The van der Waals surface area contributed by atoms with Crippen LogP contribution in [0, 0.1) is 12.3 Å². The van der Waals surface area contributed by atoms with Gasteiger partial charge in [-0.3, -0.25) is 0 Å². The fourth-order valence-electron chi connectivity index (χ4n) is 1.18. The van der Waals surface area contributed by atoms with Gasteiger partial charge in [-0.05, 0) is 31.1 Å². The lowest BCUT2D eigenvalue weighted by Crippen LogP contribution is -1.86. The molecular formula is C12H12O. The molecule has 66 valence electrons. The van der Waals surface area contributed by atoms with E-state index < -0.39 is 0 Å². The fraction of sp³-hybridized carbons (Fsp3) is 0.167. The third-order valence-corrected chi connectivity index (χ3v) is 2.04. The van der Waals surface area contributed by atoms with Crippen LogP contribution in [0.3, 0.4) is 0 Å². The van der Waals surface area contributed by atoms with Crippen molar-refractivity contribution in [3.63, 3.8) is 0 Å². The van der Waals surface area contributed by atoms with Crippen molar-refractivity contribution in [3.05, 3.63) is 35.4 Å². The number of hydrogen-bond acceptors (Lipinski definition) is 1. The first-order valence-electron chi connectivity index (χ1n) is 4.12. The van der Waals surface area contributed by atoms with Crippen LogP contribution in [-0.2, 0) is 0 Å². The van der Waals surface area contributed by atoms with Crippen molar-refractivity contribution in [2.45, 2.75) is 13.8 Å². The Balaban J connectivity index is 3.39. The van der Waals surface area contributed by atoms with E-state index >= 15 is 0 Å². The summed E-state index contributed by atoms with van der Waals surface area (Å²) in [6, 6.07) is 5.30. The molecule has 0 aromatic heterocycles. The van der Waals surface area contributed by atoms with Crippen LogP contribution in [0.4, 0.5) is 0 Å². The Morgan fingerprint density at radius 1 is 1.54 bits per heavy atom. The minimum atomic E-state index is 0.168. The molecule has 0 atom stereocenters. The molecule has 1 aromatic carbocycles. The average Bonchev–Trinajstić information content (AvgIpc) is 2.16. The maximum absolute atomic E-state index is 9.47. The van der Waals surface area contributed by atoms with E-state index in [9.17, 15) is 5.11 Å². The number of hydrogen-bond donors (Lipinski definition) is 1. The topological polar surface area (TPSA) is 20.2 Å². The largest absolute Gasteiger partial charge is 0.507 e. The normalized spacial score (nSPS) is 11.0.